The molecule has 26 heavy (non-hydrogen) atoms. The van der Waals surface area contributed by atoms with E-state index >= 15 is 0 Å². The number of hydrogen-bond acceptors (Lipinski definition) is 3. The number of phenols is 1. The van der Waals surface area contributed by atoms with E-state index in [1.54, 1.807) is 0 Å². The summed E-state index contributed by atoms with van der Waals surface area (Å²) in [5.41, 5.74) is 2.75. The van der Waals surface area contributed by atoms with Gasteiger partial charge in [0.15, 0.2) is 0 Å². The quantitative estimate of drug-likeness (QED) is 0.710. The Morgan fingerprint density at radius 1 is 1.27 bits per heavy atom. The molecule has 1 N–H and O–H groups in total. The lowest BCUT2D eigenvalue weighted by atomic mass is 9.49. The highest BCUT2D eigenvalue weighted by Gasteiger charge is 2.57. The summed E-state index contributed by atoms with van der Waals surface area (Å²) in [6, 6.07) is 6.36. The first-order valence-corrected chi connectivity index (χ1v) is 10.4. The van der Waals surface area contributed by atoms with Gasteiger partial charge in [-0.3, -0.25) is 4.79 Å². The van der Waals surface area contributed by atoms with Gasteiger partial charge in [0.25, 0.3) is 0 Å². The number of aromatic hydroxyl groups is 1. The van der Waals surface area contributed by atoms with Gasteiger partial charge in [0.2, 0.25) is 0 Å². The topological polar surface area (TPSA) is 40.5 Å². The number of fused-ring (bicyclic) bond motifs is 4. The minimum Gasteiger partial charge on any atom is -0.508 e. The predicted octanol–water partition coefficient (Wildman–Crippen LogP) is 4.85. The number of hydrogen-bond donors (Lipinski definition) is 1. The van der Waals surface area contributed by atoms with Gasteiger partial charge in [0.1, 0.15) is 11.5 Å². The highest BCUT2D eigenvalue weighted by molar-refractivity contribution is 5.78. The van der Waals surface area contributed by atoms with Gasteiger partial charge in [-0.25, -0.2) is 0 Å². The maximum Gasteiger partial charge on any atom is 0.132 e. The molecule has 0 unspecified atom stereocenters. The maximum atomic E-state index is 12.5. The summed E-state index contributed by atoms with van der Waals surface area (Å²) >= 11 is 0. The molecule has 3 heteroatoms. The SMILES string of the molecule is CCCCCC(=O)CC[C@]1(C)[C@H]2Cc3ccc(O)cc3[C@]1(C)CCN2C. The normalized spacial score (nSPS) is 30.8. The molecule has 0 radical (unpaired) electrons. The summed E-state index contributed by atoms with van der Waals surface area (Å²) in [5, 5.41) is 10.1. The van der Waals surface area contributed by atoms with E-state index in [1.165, 1.54) is 11.1 Å². The molecule has 0 saturated carbocycles. The van der Waals surface area contributed by atoms with Crippen LogP contribution < -0.4 is 0 Å². The van der Waals surface area contributed by atoms with Gasteiger partial charge in [0.05, 0.1) is 0 Å². The molecule has 1 aliphatic heterocycles. The third kappa shape index (κ3) is 3.19. The number of unbranched alkanes of at least 4 members (excludes halogenated alkanes) is 2. The first-order valence-electron chi connectivity index (χ1n) is 10.4. The molecule has 1 aliphatic carbocycles. The Balaban J connectivity index is 1.86. The van der Waals surface area contributed by atoms with Crippen LogP contribution in [0.4, 0.5) is 0 Å². The predicted molar refractivity (Wildman–Crippen MR) is 107 cm³/mol. The Morgan fingerprint density at radius 3 is 2.77 bits per heavy atom. The number of carbonyl (C=O) groups is 1. The summed E-state index contributed by atoms with van der Waals surface area (Å²) in [7, 11) is 2.23. The first-order chi connectivity index (χ1) is 12.3. The van der Waals surface area contributed by atoms with E-state index in [1.807, 2.05) is 12.1 Å². The average Bonchev–Trinajstić information content (AvgIpc) is 2.61. The number of carbonyl (C=O) groups excluding carboxylic acids is 1. The van der Waals surface area contributed by atoms with Crippen molar-refractivity contribution in [2.24, 2.45) is 5.41 Å². The fourth-order valence-electron chi connectivity index (χ4n) is 5.52. The van der Waals surface area contributed by atoms with E-state index in [-0.39, 0.29) is 10.8 Å². The van der Waals surface area contributed by atoms with Crippen LogP contribution in [0.2, 0.25) is 0 Å². The van der Waals surface area contributed by atoms with Crippen molar-refractivity contribution in [2.75, 3.05) is 13.6 Å². The Kier molecular flexibility index (Phi) is 5.48. The summed E-state index contributed by atoms with van der Waals surface area (Å²) in [5.74, 6) is 0.783. The monoisotopic (exact) mass is 357 g/mol. The molecule has 1 heterocycles. The Hall–Kier alpha value is -1.35. The molecule has 1 saturated heterocycles. The standard InChI is InChI=1S/C23H35NO2/c1-5-6-7-8-18(25)11-12-23(3)21-15-17-9-10-19(26)16-20(17)22(23,2)13-14-24(21)4/h9-10,16,21,26H,5-8,11-15H2,1-4H3/t21-,22+,23-/m1/s1. The van der Waals surface area contributed by atoms with Crippen LogP contribution in [0, 0.1) is 5.41 Å². The number of rotatable bonds is 7. The van der Waals surface area contributed by atoms with Crippen LogP contribution in [0.5, 0.6) is 5.75 Å². The molecule has 0 amide bonds. The largest absolute Gasteiger partial charge is 0.508 e. The van der Waals surface area contributed by atoms with E-state index in [9.17, 15) is 9.90 Å². The van der Waals surface area contributed by atoms with Gasteiger partial charge in [-0.05, 0) is 68.0 Å². The molecule has 3 rings (SSSR count). The number of likely N-dealkylation sites (tertiary alicyclic amines) is 1. The van der Waals surface area contributed by atoms with Crippen LogP contribution in [0.15, 0.2) is 18.2 Å². The zero-order valence-electron chi connectivity index (χ0n) is 17.0. The average molecular weight is 358 g/mol. The lowest BCUT2D eigenvalue weighted by Gasteiger charge is -2.62. The number of benzene rings is 1. The fraction of sp³-hybridized carbons (Fsp3) is 0.696. The molecular weight excluding hydrogens is 322 g/mol. The molecule has 3 atom stereocenters. The van der Waals surface area contributed by atoms with Gasteiger partial charge in [-0.1, -0.05) is 39.7 Å². The van der Waals surface area contributed by atoms with Gasteiger partial charge in [-0.2, -0.15) is 0 Å². The lowest BCUT2D eigenvalue weighted by molar-refractivity contribution is -0.121. The molecule has 2 bridgehead atoms. The molecule has 0 aromatic heterocycles. The Labute approximate surface area is 158 Å². The van der Waals surface area contributed by atoms with Crippen molar-refractivity contribution < 1.29 is 9.90 Å². The number of Topliss-reactive ketones (excluding diaryl/α,β-unsaturated/α-hetero) is 1. The van der Waals surface area contributed by atoms with Crippen molar-refractivity contribution in [1.29, 1.82) is 0 Å². The van der Waals surface area contributed by atoms with Crippen LogP contribution in [0.1, 0.15) is 76.8 Å². The van der Waals surface area contributed by atoms with Crippen LogP contribution in [0.25, 0.3) is 0 Å². The Bertz CT molecular complexity index is 670. The van der Waals surface area contributed by atoms with Crippen LogP contribution in [-0.2, 0) is 16.6 Å². The summed E-state index contributed by atoms with van der Waals surface area (Å²) in [6.07, 6.45) is 7.81. The van der Waals surface area contributed by atoms with Gasteiger partial charge >= 0.3 is 0 Å². The highest BCUT2D eigenvalue weighted by Crippen LogP contribution is 2.58. The maximum absolute atomic E-state index is 12.5. The number of nitrogens with zero attached hydrogens (tertiary/aromatic N) is 1. The fourth-order valence-corrected chi connectivity index (χ4v) is 5.52. The van der Waals surface area contributed by atoms with E-state index in [0.717, 1.165) is 51.5 Å². The smallest absolute Gasteiger partial charge is 0.132 e. The van der Waals surface area contributed by atoms with E-state index in [0.29, 0.717) is 24.0 Å². The minimum atomic E-state index is 0.0141. The third-order valence-electron chi connectivity index (χ3n) is 7.58. The van der Waals surface area contributed by atoms with Crippen LogP contribution in [0.3, 0.4) is 0 Å². The van der Waals surface area contributed by atoms with Crippen molar-refractivity contribution in [3.63, 3.8) is 0 Å². The molecule has 1 aromatic rings. The van der Waals surface area contributed by atoms with Crippen molar-refractivity contribution in [3.05, 3.63) is 29.3 Å². The van der Waals surface area contributed by atoms with Crippen molar-refractivity contribution >= 4 is 5.78 Å². The number of likely N-dealkylation sites (N-methyl/N-ethyl adjacent to an activating group) is 1. The van der Waals surface area contributed by atoms with Gasteiger partial charge in [0, 0.05) is 24.3 Å². The first kappa shape index (κ1) is 19.4. The highest BCUT2D eigenvalue weighted by atomic mass is 16.3. The number of ketones is 1. The molecule has 1 aromatic carbocycles. The van der Waals surface area contributed by atoms with Crippen LogP contribution >= 0.6 is 0 Å². The van der Waals surface area contributed by atoms with Crippen molar-refractivity contribution in [1.82, 2.24) is 4.90 Å². The zero-order valence-corrected chi connectivity index (χ0v) is 17.0. The molecule has 2 aliphatic rings. The van der Waals surface area contributed by atoms with Crippen molar-refractivity contribution in [2.45, 2.75) is 83.6 Å². The van der Waals surface area contributed by atoms with E-state index < -0.39 is 0 Å². The Morgan fingerprint density at radius 2 is 2.04 bits per heavy atom. The second-order valence-corrected chi connectivity index (χ2v) is 9.04. The van der Waals surface area contributed by atoms with Gasteiger partial charge < -0.3 is 10.0 Å². The second-order valence-electron chi connectivity index (χ2n) is 9.04. The van der Waals surface area contributed by atoms with Gasteiger partial charge in [-0.15, -0.1) is 0 Å². The van der Waals surface area contributed by atoms with Crippen molar-refractivity contribution in [3.8, 4) is 5.75 Å². The number of phenolic OH excluding ortho intramolecular Hbond substituents is 1. The molecule has 1 fully saturated rings. The lowest BCUT2D eigenvalue weighted by Crippen LogP contribution is -2.64. The molecule has 144 valence electrons. The molecule has 0 spiro atoms. The minimum absolute atomic E-state index is 0.0141. The number of piperidine rings is 1. The third-order valence-corrected chi connectivity index (χ3v) is 7.58. The summed E-state index contributed by atoms with van der Waals surface area (Å²) in [4.78, 5) is 15.0. The zero-order chi connectivity index (χ0) is 18.9. The van der Waals surface area contributed by atoms with E-state index in [2.05, 4.69) is 38.8 Å². The second kappa shape index (κ2) is 7.34. The summed E-state index contributed by atoms with van der Waals surface area (Å²) in [6.45, 7) is 8.01. The molecular formula is C23H35NO2. The van der Waals surface area contributed by atoms with Crippen LogP contribution in [-0.4, -0.2) is 35.4 Å². The molecule has 3 nitrogen and oxygen atoms in total. The summed E-state index contributed by atoms with van der Waals surface area (Å²) < 4.78 is 0. The van der Waals surface area contributed by atoms with E-state index in [4.69, 9.17) is 0 Å².